The Morgan fingerprint density at radius 2 is 0.333 bits per heavy atom. The van der Waals surface area contributed by atoms with Crippen LogP contribution in [0.3, 0.4) is 0 Å². The Kier molecular flexibility index (Phi) is 14.2. The molecular weight excluding hydrogens is 873 g/mol. The van der Waals surface area contributed by atoms with Crippen molar-refractivity contribution < 1.29 is 0 Å². The Labute approximate surface area is 437 Å². The van der Waals surface area contributed by atoms with Gasteiger partial charge in [-0.05, 0) is 183 Å². The first-order valence-corrected chi connectivity index (χ1v) is 26.8. The molecule has 8 N–H and O–H groups in total. The molecule has 0 aliphatic heterocycles. The average molecular weight is 966 g/mol. The molecule has 4 heteroatoms. The number of hydrogen-bond donors (Lipinski definition) is 4. The van der Waals surface area contributed by atoms with Gasteiger partial charge in [-0.15, -0.1) is 0 Å². The normalized spacial score (nSPS) is 14.3. The largest absolute Gasteiger partial charge is 0.398 e. The molecule has 0 saturated carbocycles. The first kappa shape index (κ1) is 54.3. The maximum absolute atomic E-state index is 7.50. The molecule has 0 heterocycles. The van der Waals surface area contributed by atoms with Crippen LogP contribution in [0.25, 0.3) is 0 Å². The van der Waals surface area contributed by atoms with Gasteiger partial charge >= 0.3 is 0 Å². The van der Waals surface area contributed by atoms with Gasteiger partial charge in [-0.1, -0.05) is 197 Å². The molecule has 6 aromatic carbocycles. The maximum atomic E-state index is 7.50. The van der Waals surface area contributed by atoms with Crippen molar-refractivity contribution >= 4 is 22.7 Å². The van der Waals surface area contributed by atoms with Crippen LogP contribution in [-0.4, -0.2) is 0 Å². The molecule has 384 valence electrons. The third-order valence-corrected chi connectivity index (χ3v) is 16.1. The predicted molar refractivity (Wildman–Crippen MR) is 315 cm³/mol. The molecule has 72 heavy (non-hydrogen) atoms. The van der Waals surface area contributed by atoms with Gasteiger partial charge in [0.1, 0.15) is 0 Å². The van der Waals surface area contributed by atoms with E-state index in [1.165, 1.54) is 66.8 Å². The van der Waals surface area contributed by atoms with E-state index in [2.05, 4.69) is 211 Å². The molecule has 0 spiro atoms. The smallest absolute Gasteiger partial charge is 0.0386 e. The standard InChI is InChI=1S/C68H92N4/c1-39-41-21-45-31-55(65(9,10)11)35-49(59(45)69)25-51-37-57(67(15,16)17)33-47(61(51)71)23-43-29-54(64(6,7)8)30-44(40(43)2)24-48-34-58(68(18,19)20)38-52(62(48)72)26-50-36-56(66(12,13)14)32-46(60(50)70)22-42(39)28-53(27-41)63(3,4)5/h27-38H,21-26,69-72H2,1-20H3. The second kappa shape index (κ2) is 18.8. The SMILES string of the molecule is Cc1c2cc(C(C)(C)C)cc1Cc1cc(C(C)(C)C)cc(c1N)Cc1cc(C(C)(C)C)cc(c1N)Cc1cc(C(C)(C)C)cc(c1C)Cc1cc(C(C)(C)C)cc(c1N)Cc1cc(C(C)(C)C)cc(c1N)C2. The van der Waals surface area contributed by atoms with Crippen LogP contribution in [0.5, 0.6) is 0 Å². The summed E-state index contributed by atoms with van der Waals surface area (Å²) in [6.07, 6.45) is 4.15. The summed E-state index contributed by atoms with van der Waals surface area (Å²) in [7, 11) is 0. The van der Waals surface area contributed by atoms with Gasteiger partial charge in [-0.3, -0.25) is 0 Å². The molecule has 0 aromatic heterocycles. The highest BCUT2D eigenvalue weighted by Gasteiger charge is 2.28. The van der Waals surface area contributed by atoms with E-state index in [1.807, 2.05) is 0 Å². The number of hydrogen-bond acceptors (Lipinski definition) is 4. The average Bonchev–Trinajstić information content (AvgIpc) is 3.23. The van der Waals surface area contributed by atoms with Crippen LogP contribution in [0, 0.1) is 13.8 Å². The molecule has 4 nitrogen and oxygen atoms in total. The summed E-state index contributed by atoms with van der Waals surface area (Å²) in [6.45, 7) is 46.2. The molecule has 0 unspecified atom stereocenters. The van der Waals surface area contributed by atoms with Crippen LogP contribution in [-0.2, 0) is 71.0 Å². The quantitative estimate of drug-likeness (QED) is 0.114. The fourth-order valence-corrected chi connectivity index (χ4v) is 10.5. The van der Waals surface area contributed by atoms with Crippen molar-refractivity contribution in [3.63, 3.8) is 0 Å². The lowest BCUT2D eigenvalue weighted by atomic mass is 9.78. The molecule has 0 radical (unpaired) electrons. The van der Waals surface area contributed by atoms with Gasteiger partial charge < -0.3 is 22.9 Å². The topological polar surface area (TPSA) is 104 Å². The van der Waals surface area contributed by atoms with Gasteiger partial charge in [-0.2, -0.15) is 0 Å². The van der Waals surface area contributed by atoms with Crippen LogP contribution in [0.1, 0.15) is 236 Å². The summed E-state index contributed by atoms with van der Waals surface area (Å²) >= 11 is 0. The third-order valence-electron chi connectivity index (χ3n) is 16.1. The van der Waals surface area contributed by atoms with Crippen molar-refractivity contribution in [2.75, 3.05) is 22.9 Å². The van der Waals surface area contributed by atoms with Crippen LogP contribution in [0.15, 0.2) is 72.8 Å². The lowest BCUT2D eigenvalue weighted by Crippen LogP contribution is -2.17. The number of benzene rings is 6. The maximum Gasteiger partial charge on any atom is 0.0386 e. The monoisotopic (exact) mass is 965 g/mol. The van der Waals surface area contributed by atoms with Gasteiger partial charge in [0, 0.05) is 35.6 Å². The Bertz CT molecular complexity index is 2380. The zero-order valence-corrected chi connectivity index (χ0v) is 48.5. The third kappa shape index (κ3) is 11.5. The van der Waals surface area contributed by atoms with Gasteiger partial charge in [-0.25, -0.2) is 0 Å². The van der Waals surface area contributed by atoms with Crippen LogP contribution < -0.4 is 22.9 Å². The van der Waals surface area contributed by atoms with Gasteiger partial charge in [0.25, 0.3) is 0 Å². The molecule has 0 saturated heterocycles. The highest BCUT2D eigenvalue weighted by molar-refractivity contribution is 5.67. The summed E-state index contributed by atoms with van der Waals surface area (Å²) in [6, 6.07) is 28.7. The van der Waals surface area contributed by atoms with E-state index in [0.717, 1.165) is 67.3 Å². The second-order valence-electron chi connectivity index (χ2n) is 28.2. The van der Waals surface area contributed by atoms with Crippen molar-refractivity contribution in [2.45, 2.75) is 209 Å². The minimum absolute atomic E-state index is 0.0818. The van der Waals surface area contributed by atoms with E-state index < -0.39 is 0 Å². The molecule has 1 aliphatic rings. The van der Waals surface area contributed by atoms with E-state index in [0.29, 0.717) is 38.5 Å². The fraction of sp³-hybridized carbons (Fsp3) is 0.471. The fourth-order valence-electron chi connectivity index (χ4n) is 10.5. The summed E-state index contributed by atoms with van der Waals surface area (Å²) < 4.78 is 0. The number of rotatable bonds is 0. The van der Waals surface area contributed by atoms with Crippen molar-refractivity contribution in [3.8, 4) is 0 Å². The minimum atomic E-state index is -0.100. The molecule has 0 fully saturated rings. The van der Waals surface area contributed by atoms with E-state index in [1.54, 1.807) is 0 Å². The molecule has 0 amide bonds. The first-order chi connectivity index (χ1) is 32.9. The molecule has 0 atom stereocenters. The Morgan fingerprint density at radius 3 is 0.458 bits per heavy atom. The lowest BCUT2D eigenvalue weighted by Gasteiger charge is -2.28. The molecule has 1 aliphatic carbocycles. The Morgan fingerprint density at radius 1 is 0.222 bits per heavy atom. The zero-order chi connectivity index (χ0) is 53.6. The number of nitrogen functional groups attached to an aromatic ring is 4. The number of anilines is 4. The van der Waals surface area contributed by atoms with Crippen LogP contribution >= 0.6 is 0 Å². The first-order valence-electron chi connectivity index (χ1n) is 26.8. The molecule has 12 bridgehead atoms. The molecule has 6 aromatic rings. The van der Waals surface area contributed by atoms with Crippen molar-refractivity contribution in [1.29, 1.82) is 0 Å². The zero-order valence-electron chi connectivity index (χ0n) is 48.5. The van der Waals surface area contributed by atoms with E-state index in [4.69, 9.17) is 22.9 Å². The summed E-state index contributed by atoms with van der Waals surface area (Å²) in [5.74, 6) is 0. The van der Waals surface area contributed by atoms with Crippen molar-refractivity contribution in [3.05, 3.63) is 184 Å². The van der Waals surface area contributed by atoms with Crippen molar-refractivity contribution in [2.24, 2.45) is 0 Å². The number of fused-ring (bicyclic) bond motifs is 12. The Balaban J connectivity index is 1.58. The van der Waals surface area contributed by atoms with E-state index in [-0.39, 0.29) is 32.5 Å². The van der Waals surface area contributed by atoms with Crippen LogP contribution in [0.2, 0.25) is 0 Å². The van der Waals surface area contributed by atoms with E-state index in [9.17, 15) is 0 Å². The summed E-state index contributed by atoms with van der Waals surface area (Å²) in [5, 5.41) is 0. The van der Waals surface area contributed by atoms with Crippen LogP contribution in [0.4, 0.5) is 22.7 Å². The van der Waals surface area contributed by atoms with E-state index >= 15 is 0 Å². The predicted octanol–water partition coefficient (Wildman–Crippen LogP) is 16.3. The van der Waals surface area contributed by atoms with Gasteiger partial charge in [0.15, 0.2) is 0 Å². The highest BCUT2D eigenvalue weighted by atomic mass is 14.6. The minimum Gasteiger partial charge on any atom is -0.398 e. The summed E-state index contributed by atoms with van der Waals surface area (Å²) in [4.78, 5) is 0. The second-order valence-corrected chi connectivity index (χ2v) is 28.2. The lowest BCUT2D eigenvalue weighted by molar-refractivity contribution is 0.587. The molecule has 7 rings (SSSR count). The molecular formula is C68H92N4. The van der Waals surface area contributed by atoms with Crippen molar-refractivity contribution in [1.82, 2.24) is 0 Å². The highest BCUT2D eigenvalue weighted by Crippen LogP contribution is 2.41. The number of nitrogens with two attached hydrogens (primary N) is 4. The van der Waals surface area contributed by atoms with Gasteiger partial charge in [0.05, 0.1) is 0 Å². The Hall–Kier alpha value is -5.48. The summed E-state index contributed by atoms with van der Waals surface area (Å²) in [5.41, 5.74) is 57.5. The van der Waals surface area contributed by atoms with Gasteiger partial charge in [0.2, 0.25) is 0 Å².